The number of halogens is 2. The number of hydrogen-bond donors (Lipinski definition) is 1. The van der Waals surface area contributed by atoms with Crippen molar-refractivity contribution in [2.75, 3.05) is 25.5 Å². The van der Waals surface area contributed by atoms with Crippen molar-refractivity contribution in [2.24, 2.45) is 0 Å². The predicted molar refractivity (Wildman–Crippen MR) is 92.7 cm³/mol. The maximum Gasteiger partial charge on any atom is 0.410 e. The minimum absolute atomic E-state index is 0.0833. The third kappa shape index (κ3) is 5.95. The first-order valence-corrected chi connectivity index (χ1v) is 8.12. The molecule has 0 saturated carbocycles. The smallest absolute Gasteiger partial charge is 0.410 e. The summed E-state index contributed by atoms with van der Waals surface area (Å²) in [5, 5.41) is 13.8. The van der Waals surface area contributed by atoms with Crippen LogP contribution in [0.5, 0.6) is 0 Å². The summed E-state index contributed by atoms with van der Waals surface area (Å²) in [4.78, 5) is 23.4. The van der Waals surface area contributed by atoms with Gasteiger partial charge in [-0.15, -0.1) is 0 Å². The van der Waals surface area contributed by atoms with Gasteiger partial charge in [-0.1, -0.05) is 0 Å². The molecular weight excluding hydrogens is 385 g/mol. The molecule has 0 radical (unpaired) electrons. The summed E-state index contributed by atoms with van der Waals surface area (Å²) in [6.45, 7) is 6.06. The molecule has 0 aliphatic rings. The van der Waals surface area contributed by atoms with Crippen molar-refractivity contribution in [2.45, 2.75) is 32.8 Å². The number of benzene rings is 1. The summed E-state index contributed by atoms with van der Waals surface area (Å²) in [6, 6.07) is 2.43. The number of rotatable bonds is 6. The third-order valence-electron chi connectivity index (χ3n) is 2.94. The van der Waals surface area contributed by atoms with E-state index in [0.29, 0.717) is 24.0 Å². The Balaban J connectivity index is 2.59. The van der Waals surface area contributed by atoms with E-state index < -0.39 is 28.1 Å². The first-order chi connectivity index (χ1) is 11.0. The predicted octanol–water partition coefficient (Wildman–Crippen LogP) is 4.17. The van der Waals surface area contributed by atoms with Crippen LogP contribution in [0.2, 0.25) is 0 Å². The first-order valence-electron chi connectivity index (χ1n) is 7.33. The SMILES string of the molecule is CN(CCCNc1c(Br)ccc(F)c1[N+](=O)[O-])C(=O)OC(C)(C)C. The molecule has 9 heteroatoms. The second-order valence-corrected chi connectivity index (χ2v) is 7.05. The van der Waals surface area contributed by atoms with Gasteiger partial charge in [0.15, 0.2) is 0 Å². The number of anilines is 1. The highest BCUT2D eigenvalue weighted by Crippen LogP contribution is 2.34. The zero-order chi connectivity index (χ0) is 18.5. The van der Waals surface area contributed by atoms with Gasteiger partial charge in [-0.05, 0) is 55.3 Å². The lowest BCUT2D eigenvalue weighted by Crippen LogP contribution is -2.35. The molecule has 1 N–H and O–H groups in total. The molecule has 1 amide bonds. The second kappa shape index (κ2) is 8.27. The fraction of sp³-hybridized carbons (Fsp3) is 0.533. The molecule has 1 aromatic carbocycles. The number of nitrogens with zero attached hydrogens (tertiary/aromatic N) is 2. The largest absolute Gasteiger partial charge is 0.444 e. The maximum atomic E-state index is 13.6. The number of carbonyl (C=O) groups is 1. The van der Waals surface area contributed by atoms with Gasteiger partial charge >= 0.3 is 11.8 Å². The highest BCUT2D eigenvalue weighted by molar-refractivity contribution is 9.10. The summed E-state index contributed by atoms with van der Waals surface area (Å²) in [5.41, 5.74) is -1.10. The monoisotopic (exact) mass is 405 g/mol. The summed E-state index contributed by atoms with van der Waals surface area (Å²) in [7, 11) is 1.61. The van der Waals surface area contributed by atoms with Gasteiger partial charge in [0.1, 0.15) is 11.3 Å². The number of amides is 1. The van der Waals surface area contributed by atoms with Crippen LogP contribution in [-0.4, -0.2) is 41.7 Å². The Labute approximate surface area is 148 Å². The Hall–Kier alpha value is -1.90. The van der Waals surface area contributed by atoms with E-state index in [0.717, 1.165) is 6.07 Å². The van der Waals surface area contributed by atoms with Crippen molar-refractivity contribution in [1.82, 2.24) is 4.90 Å². The molecule has 0 fully saturated rings. The summed E-state index contributed by atoms with van der Waals surface area (Å²) in [5.74, 6) is -0.906. The van der Waals surface area contributed by atoms with Gasteiger partial charge in [-0.25, -0.2) is 4.79 Å². The van der Waals surface area contributed by atoms with E-state index >= 15 is 0 Å². The molecule has 134 valence electrons. The van der Waals surface area contributed by atoms with Crippen LogP contribution in [0.4, 0.5) is 20.6 Å². The summed E-state index contributed by atoms with van der Waals surface area (Å²) < 4.78 is 19.2. The van der Waals surface area contributed by atoms with Gasteiger partial charge in [0, 0.05) is 24.6 Å². The maximum absolute atomic E-state index is 13.6. The molecule has 0 saturated heterocycles. The van der Waals surface area contributed by atoms with Gasteiger partial charge in [0.2, 0.25) is 5.82 Å². The van der Waals surface area contributed by atoms with Crippen LogP contribution < -0.4 is 5.32 Å². The lowest BCUT2D eigenvalue weighted by molar-refractivity contribution is -0.386. The Kier molecular flexibility index (Phi) is 6.94. The Morgan fingerprint density at radius 1 is 1.46 bits per heavy atom. The molecule has 1 rings (SSSR count). The van der Waals surface area contributed by atoms with E-state index in [4.69, 9.17) is 4.74 Å². The van der Waals surface area contributed by atoms with Crippen LogP contribution in [0.1, 0.15) is 27.2 Å². The number of nitrogens with one attached hydrogen (secondary N) is 1. The van der Waals surface area contributed by atoms with Gasteiger partial charge < -0.3 is 15.0 Å². The van der Waals surface area contributed by atoms with E-state index in [1.165, 1.54) is 11.0 Å². The molecule has 7 nitrogen and oxygen atoms in total. The van der Waals surface area contributed by atoms with E-state index in [1.54, 1.807) is 27.8 Å². The molecule has 0 unspecified atom stereocenters. The minimum Gasteiger partial charge on any atom is -0.444 e. The highest BCUT2D eigenvalue weighted by Gasteiger charge is 2.23. The van der Waals surface area contributed by atoms with Crippen LogP contribution in [0.25, 0.3) is 0 Å². The van der Waals surface area contributed by atoms with Gasteiger partial charge in [-0.3, -0.25) is 10.1 Å². The average molecular weight is 406 g/mol. The second-order valence-electron chi connectivity index (χ2n) is 6.19. The number of carbonyl (C=O) groups excluding carboxylic acids is 1. The van der Waals surface area contributed by atoms with Crippen LogP contribution in [0.3, 0.4) is 0 Å². The highest BCUT2D eigenvalue weighted by atomic mass is 79.9. The third-order valence-corrected chi connectivity index (χ3v) is 3.60. The van der Waals surface area contributed by atoms with Crippen molar-refractivity contribution in [3.8, 4) is 0 Å². The molecule has 24 heavy (non-hydrogen) atoms. The van der Waals surface area contributed by atoms with Crippen molar-refractivity contribution in [1.29, 1.82) is 0 Å². The van der Waals surface area contributed by atoms with Gasteiger partial charge in [-0.2, -0.15) is 4.39 Å². The van der Waals surface area contributed by atoms with Crippen LogP contribution in [-0.2, 0) is 4.74 Å². The van der Waals surface area contributed by atoms with E-state index in [1.807, 2.05) is 0 Å². The Morgan fingerprint density at radius 2 is 2.08 bits per heavy atom. The number of nitro groups is 1. The van der Waals surface area contributed by atoms with Crippen molar-refractivity contribution < 1.29 is 18.8 Å². The minimum atomic E-state index is -0.906. The molecule has 0 bridgehead atoms. The molecule has 0 heterocycles. The van der Waals surface area contributed by atoms with Crippen molar-refractivity contribution in [3.05, 3.63) is 32.5 Å². The molecule has 0 aromatic heterocycles. The van der Waals surface area contributed by atoms with Gasteiger partial charge in [0.05, 0.1) is 4.92 Å². The van der Waals surface area contributed by atoms with Crippen molar-refractivity contribution in [3.63, 3.8) is 0 Å². The summed E-state index contributed by atoms with van der Waals surface area (Å²) in [6.07, 6.45) is 0.0657. The molecule has 0 aliphatic heterocycles. The number of ether oxygens (including phenoxy) is 1. The van der Waals surface area contributed by atoms with E-state index in [9.17, 15) is 19.3 Å². The molecular formula is C15H21BrFN3O4. The number of nitro benzene ring substituents is 1. The number of hydrogen-bond acceptors (Lipinski definition) is 5. The lowest BCUT2D eigenvalue weighted by atomic mass is 10.2. The molecule has 1 aromatic rings. The molecule has 0 aliphatic carbocycles. The molecule has 0 atom stereocenters. The Morgan fingerprint density at radius 3 is 2.62 bits per heavy atom. The fourth-order valence-electron chi connectivity index (χ4n) is 1.85. The standard InChI is InChI=1S/C15H21BrFN3O4/c1-15(2,3)24-14(21)19(4)9-5-8-18-12-10(16)6-7-11(17)13(12)20(22)23/h6-7,18H,5,8-9H2,1-4H3. The topological polar surface area (TPSA) is 84.7 Å². The average Bonchev–Trinajstić information content (AvgIpc) is 2.44. The van der Waals surface area contributed by atoms with Crippen LogP contribution in [0, 0.1) is 15.9 Å². The van der Waals surface area contributed by atoms with Crippen molar-refractivity contribution >= 4 is 33.4 Å². The zero-order valence-corrected chi connectivity index (χ0v) is 15.6. The lowest BCUT2D eigenvalue weighted by Gasteiger charge is -2.24. The first kappa shape index (κ1) is 20.1. The van der Waals surface area contributed by atoms with E-state index in [2.05, 4.69) is 21.2 Å². The summed E-state index contributed by atoms with van der Waals surface area (Å²) >= 11 is 3.17. The van der Waals surface area contributed by atoms with Gasteiger partial charge in [0.25, 0.3) is 0 Å². The zero-order valence-electron chi connectivity index (χ0n) is 14.1. The fourth-order valence-corrected chi connectivity index (χ4v) is 2.31. The van der Waals surface area contributed by atoms with E-state index in [-0.39, 0.29) is 5.69 Å². The molecule has 0 spiro atoms. The normalized spacial score (nSPS) is 11.1. The van der Waals surface area contributed by atoms with Crippen LogP contribution in [0.15, 0.2) is 16.6 Å². The Bertz CT molecular complexity index is 619. The quantitative estimate of drug-likeness (QED) is 0.436. The van der Waals surface area contributed by atoms with Crippen LogP contribution >= 0.6 is 15.9 Å².